The molecule has 11 heteroatoms. The van der Waals surface area contributed by atoms with E-state index in [0.717, 1.165) is 23.1 Å². The molecular formula is C35H40N6O5. The number of carbonyl (C=O) groups excluding carboxylic acids is 4. The average Bonchev–Trinajstić information content (AvgIpc) is 3.06. The van der Waals surface area contributed by atoms with Crippen LogP contribution in [0.2, 0.25) is 0 Å². The first-order valence-electron chi connectivity index (χ1n) is 15.5. The zero-order valence-corrected chi connectivity index (χ0v) is 26.0. The van der Waals surface area contributed by atoms with Gasteiger partial charge in [-0.1, -0.05) is 67.6 Å². The molecule has 2 fully saturated rings. The summed E-state index contributed by atoms with van der Waals surface area (Å²) >= 11 is 0. The summed E-state index contributed by atoms with van der Waals surface area (Å²) in [6, 6.07) is 21.9. The molecule has 46 heavy (non-hydrogen) atoms. The van der Waals surface area contributed by atoms with Crippen LogP contribution >= 0.6 is 0 Å². The molecule has 0 aliphatic carbocycles. The van der Waals surface area contributed by atoms with E-state index in [1.54, 1.807) is 58.4 Å². The van der Waals surface area contributed by atoms with Gasteiger partial charge in [-0.15, -0.1) is 6.58 Å². The number of phenolic OH excluding ortho intramolecular Hbond substituents is 1. The molecule has 2 aliphatic heterocycles. The minimum absolute atomic E-state index is 0.0648. The second-order valence-corrected chi connectivity index (χ2v) is 11.5. The molecule has 2 saturated heterocycles. The number of aromatic hydroxyl groups is 1. The van der Waals surface area contributed by atoms with E-state index < -0.39 is 18.2 Å². The molecule has 0 saturated carbocycles. The number of hydrogen-bond donors (Lipinski definition) is 3. The molecule has 3 N–H and O–H groups in total. The number of benzene rings is 3. The summed E-state index contributed by atoms with van der Waals surface area (Å²) < 4.78 is 0. The Labute approximate surface area is 269 Å². The summed E-state index contributed by atoms with van der Waals surface area (Å²) in [7, 11) is 0. The number of amides is 5. The largest absolute Gasteiger partial charge is 0.508 e. The number of hydrazine groups is 1. The van der Waals surface area contributed by atoms with Gasteiger partial charge in [0.15, 0.2) is 0 Å². The van der Waals surface area contributed by atoms with E-state index in [0.29, 0.717) is 12.1 Å². The fourth-order valence-corrected chi connectivity index (χ4v) is 5.93. The third-order valence-electron chi connectivity index (χ3n) is 8.13. The van der Waals surface area contributed by atoms with Crippen molar-refractivity contribution in [2.45, 2.75) is 45.1 Å². The van der Waals surface area contributed by atoms with E-state index in [9.17, 15) is 24.3 Å². The molecule has 0 radical (unpaired) electrons. The van der Waals surface area contributed by atoms with Gasteiger partial charge in [0, 0.05) is 38.2 Å². The fraction of sp³-hybridized carbons (Fsp3) is 0.314. The van der Waals surface area contributed by atoms with Crippen LogP contribution in [0.3, 0.4) is 0 Å². The molecule has 11 nitrogen and oxygen atoms in total. The van der Waals surface area contributed by atoms with Crippen LogP contribution in [0.15, 0.2) is 91.5 Å². The molecule has 2 heterocycles. The minimum Gasteiger partial charge on any atom is -0.508 e. The highest BCUT2D eigenvalue weighted by molar-refractivity contribution is 5.94. The number of urea groups is 1. The Morgan fingerprint density at radius 1 is 0.957 bits per heavy atom. The summed E-state index contributed by atoms with van der Waals surface area (Å²) in [6.45, 7) is 7.04. The van der Waals surface area contributed by atoms with E-state index in [1.165, 1.54) is 9.91 Å². The normalized spacial score (nSPS) is 18.2. The molecule has 0 bridgehead atoms. The van der Waals surface area contributed by atoms with Crippen molar-refractivity contribution < 1.29 is 24.3 Å². The number of fused-ring (bicyclic) bond motifs is 1. The van der Waals surface area contributed by atoms with Gasteiger partial charge in [0.1, 0.15) is 18.0 Å². The summed E-state index contributed by atoms with van der Waals surface area (Å²) in [5, 5.41) is 18.9. The van der Waals surface area contributed by atoms with E-state index in [-0.39, 0.29) is 62.6 Å². The maximum atomic E-state index is 14.2. The van der Waals surface area contributed by atoms with Crippen molar-refractivity contribution in [3.05, 3.63) is 114 Å². The molecule has 1 unspecified atom stereocenters. The molecule has 0 aromatic heterocycles. The van der Waals surface area contributed by atoms with E-state index in [4.69, 9.17) is 0 Å². The standard InChI is InChI=1S/C35H40N6O5/c1-3-17-36-33(44)28-12-8-11-27(19-28)22-38-23-31-40(30(34(38)45)20-25-13-15-29(42)16-14-25)32(43)24-39(18-4-2)41(31)35(46)37-21-26-9-6-5-7-10-26/h4-16,19,30-31,42H,2-3,17-18,20-24H2,1H3,(H,36,44)(H,37,46)/t30?,31-/m0/s1. The first kappa shape index (κ1) is 32.2. The highest BCUT2D eigenvalue weighted by atomic mass is 16.3. The highest BCUT2D eigenvalue weighted by Crippen LogP contribution is 2.30. The Balaban J connectivity index is 1.48. The predicted octanol–water partition coefficient (Wildman–Crippen LogP) is 3.27. The lowest BCUT2D eigenvalue weighted by molar-refractivity contribution is -0.189. The number of piperazine rings is 1. The molecular weight excluding hydrogens is 584 g/mol. The molecule has 240 valence electrons. The van der Waals surface area contributed by atoms with Gasteiger partial charge < -0.3 is 25.5 Å². The van der Waals surface area contributed by atoms with Gasteiger partial charge in [-0.3, -0.25) is 14.4 Å². The SMILES string of the molecule is C=CCN1CC(=O)N2C(Cc3ccc(O)cc3)C(=O)N(Cc3cccc(C(=O)NCCC)c3)C[C@@H]2N1C(=O)NCc1ccccc1. The van der Waals surface area contributed by atoms with Crippen LogP contribution in [-0.2, 0) is 29.1 Å². The molecule has 5 rings (SSSR count). The Morgan fingerprint density at radius 3 is 2.41 bits per heavy atom. The molecule has 0 spiro atoms. The molecule has 2 aliphatic rings. The zero-order chi connectivity index (χ0) is 32.6. The van der Waals surface area contributed by atoms with Gasteiger partial charge in [0.05, 0.1) is 13.1 Å². The summed E-state index contributed by atoms with van der Waals surface area (Å²) in [5.74, 6) is -0.633. The second-order valence-electron chi connectivity index (χ2n) is 11.5. The van der Waals surface area contributed by atoms with Crippen LogP contribution < -0.4 is 10.6 Å². The zero-order valence-electron chi connectivity index (χ0n) is 26.0. The van der Waals surface area contributed by atoms with Gasteiger partial charge in [0.25, 0.3) is 5.91 Å². The van der Waals surface area contributed by atoms with Gasteiger partial charge in [-0.2, -0.15) is 0 Å². The molecule has 3 aromatic rings. The number of hydrogen-bond acceptors (Lipinski definition) is 6. The Morgan fingerprint density at radius 2 is 1.70 bits per heavy atom. The molecule has 3 aromatic carbocycles. The van der Waals surface area contributed by atoms with Crippen molar-refractivity contribution in [3.63, 3.8) is 0 Å². The topological polar surface area (TPSA) is 126 Å². The lowest BCUT2D eigenvalue weighted by atomic mass is 9.98. The first-order valence-corrected chi connectivity index (χ1v) is 15.5. The van der Waals surface area contributed by atoms with Crippen LogP contribution in [0.4, 0.5) is 4.79 Å². The van der Waals surface area contributed by atoms with Gasteiger partial charge >= 0.3 is 6.03 Å². The number of rotatable bonds is 11. The van der Waals surface area contributed by atoms with Crippen molar-refractivity contribution in [3.8, 4) is 5.75 Å². The van der Waals surface area contributed by atoms with Crippen LogP contribution in [-0.4, -0.2) is 87.1 Å². The smallest absolute Gasteiger partial charge is 0.334 e. The van der Waals surface area contributed by atoms with Crippen molar-refractivity contribution in [1.82, 2.24) is 30.5 Å². The van der Waals surface area contributed by atoms with Crippen molar-refractivity contribution in [2.75, 3.05) is 26.2 Å². The Hall–Kier alpha value is -5.16. The lowest BCUT2D eigenvalue weighted by Gasteiger charge is -2.55. The number of carbonyl (C=O) groups is 4. The average molecular weight is 625 g/mol. The second kappa shape index (κ2) is 14.7. The van der Waals surface area contributed by atoms with E-state index in [2.05, 4.69) is 17.2 Å². The van der Waals surface area contributed by atoms with Crippen molar-refractivity contribution >= 4 is 23.8 Å². The Kier molecular flexibility index (Phi) is 10.3. The number of phenols is 1. The third-order valence-corrected chi connectivity index (χ3v) is 8.13. The van der Waals surface area contributed by atoms with Gasteiger partial charge in [-0.25, -0.2) is 14.8 Å². The van der Waals surface area contributed by atoms with Crippen LogP contribution in [0.1, 0.15) is 40.4 Å². The third kappa shape index (κ3) is 7.37. The van der Waals surface area contributed by atoms with E-state index in [1.807, 2.05) is 43.3 Å². The highest BCUT2D eigenvalue weighted by Gasteiger charge is 2.51. The fourth-order valence-electron chi connectivity index (χ4n) is 5.93. The maximum Gasteiger partial charge on any atom is 0.334 e. The quantitative estimate of drug-likeness (QED) is 0.282. The maximum absolute atomic E-state index is 14.2. The molecule has 5 amide bonds. The van der Waals surface area contributed by atoms with Crippen LogP contribution in [0, 0.1) is 0 Å². The monoisotopic (exact) mass is 624 g/mol. The Bertz CT molecular complexity index is 1560. The summed E-state index contributed by atoms with van der Waals surface area (Å²) in [6.07, 6.45) is 1.84. The van der Waals surface area contributed by atoms with Gasteiger partial charge in [-0.05, 0) is 47.4 Å². The van der Waals surface area contributed by atoms with E-state index >= 15 is 0 Å². The van der Waals surface area contributed by atoms with Crippen LogP contribution in [0.5, 0.6) is 5.75 Å². The lowest BCUT2D eigenvalue weighted by Crippen LogP contribution is -2.76. The predicted molar refractivity (Wildman–Crippen MR) is 173 cm³/mol. The van der Waals surface area contributed by atoms with Crippen LogP contribution in [0.25, 0.3) is 0 Å². The van der Waals surface area contributed by atoms with Gasteiger partial charge in [0.2, 0.25) is 11.8 Å². The minimum atomic E-state index is -0.901. The van der Waals surface area contributed by atoms with Crippen molar-refractivity contribution in [1.29, 1.82) is 0 Å². The summed E-state index contributed by atoms with van der Waals surface area (Å²) in [5.41, 5.74) is 2.92. The summed E-state index contributed by atoms with van der Waals surface area (Å²) in [4.78, 5) is 57.7. The van der Waals surface area contributed by atoms with Crippen molar-refractivity contribution in [2.24, 2.45) is 0 Å². The number of nitrogens with zero attached hydrogens (tertiary/aromatic N) is 4. The molecule has 2 atom stereocenters. The number of nitrogens with one attached hydrogen (secondary N) is 2. The first-order chi connectivity index (χ1) is 22.3.